The molecule has 2 aromatic carbocycles. The molecule has 3 aromatic rings. The van der Waals surface area contributed by atoms with Gasteiger partial charge in [0.1, 0.15) is 12.8 Å². The fourth-order valence-corrected chi connectivity index (χ4v) is 2.57. The first-order valence-electron chi connectivity index (χ1n) is 6.59. The Bertz CT molecular complexity index is 790. The molecule has 0 aliphatic heterocycles. The van der Waals surface area contributed by atoms with Crippen molar-refractivity contribution < 1.29 is 14.4 Å². The number of hydrogen-bond donors (Lipinski definition) is 0. The van der Waals surface area contributed by atoms with Gasteiger partial charge >= 0.3 is 5.97 Å². The summed E-state index contributed by atoms with van der Waals surface area (Å²) in [6, 6.07) is 17.3. The smallest absolute Gasteiger partial charge is 0.340 e. The van der Waals surface area contributed by atoms with E-state index in [-0.39, 0.29) is 5.97 Å². The number of hydrogen-bond acceptors (Lipinski definition) is 3. The van der Waals surface area contributed by atoms with Crippen LogP contribution in [0.4, 0.5) is 0 Å². The van der Waals surface area contributed by atoms with Crippen molar-refractivity contribution in [3.8, 4) is 11.3 Å². The van der Waals surface area contributed by atoms with Crippen molar-refractivity contribution in [2.75, 3.05) is 14.2 Å². The monoisotopic (exact) mass is 281 g/mol. The lowest BCUT2D eigenvalue weighted by atomic mass is 10.1. The molecule has 0 spiro atoms. The molecule has 0 fully saturated rings. The minimum atomic E-state index is -0.374. The first kappa shape index (κ1) is 13.2. The van der Waals surface area contributed by atoms with E-state index in [1.807, 2.05) is 54.6 Å². The third-order valence-electron chi connectivity index (χ3n) is 3.45. The van der Waals surface area contributed by atoms with E-state index in [1.54, 1.807) is 11.8 Å². The predicted octanol–water partition coefficient (Wildman–Crippen LogP) is 3.15. The van der Waals surface area contributed by atoms with Gasteiger partial charge in [-0.3, -0.25) is 0 Å². The summed E-state index contributed by atoms with van der Waals surface area (Å²) >= 11 is 0. The Morgan fingerprint density at radius 2 is 1.62 bits per heavy atom. The van der Waals surface area contributed by atoms with E-state index in [1.165, 1.54) is 7.11 Å². The summed E-state index contributed by atoms with van der Waals surface area (Å²) in [7, 11) is 2.97. The van der Waals surface area contributed by atoms with Crippen LogP contribution >= 0.6 is 0 Å². The minimum absolute atomic E-state index is 0.374. The topological polar surface area (TPSA) is 40.5 Å². The van der Waals surface area contributed by atoms with E-state index in [9.17, 15) is 4.79 Å². The number of methoxy groups -OCH3 is 1. The highest BCUT2D eigenvalue weighted by Crippen LogP contribution is 2.33. The van der Waals surface area contributed by atoms with Gasteiger partial charge in [-0.25, -0.2) is 4.79 Å². The summed E-state index contributed by atoms with van der Waals surface area (Å²) < 4.78 is 6.62. The summed E-state index contributed by atoms with van der Waals surface area (Å²) in [5.74, 6) is -0.374. The van der Waals surface area contributed by atoms with Gasteiger partial charge in [-0.2, -0.15) is 4.73 Å². The Balaban J connectivity index is 2.43. The number of nitrogens with zero attached hydrogens (tertiary/aromatic N) is 1. The zero-order chi connectivity index (χ0) is 14.8. The van der Waals surface area contributed by atoms with Crippen LogP contribution in [0.5, 0.6) is 0 Å². The molecule has 0 atom stereocenters. The second kappa shape index (κ2) is 5.32. The lowest BCUT2D eigenvalue weighted by Gasteiger charge is -2.09. The van der Waals surface area contributed by atoms with Crippen molar-refractivity contribution in [3.05, 3.63) is 60.2 Å². The molecule has 3 rings (SSSR count). The van der Waals surface area contributed by atoms with Crippen LogP contribution in [0.3, 0.4) is 0 Å². The molecule has 0 saturated heterocycles. The van der Waals surface area contributed by atoms with Crippen LogP contribution < -0.4 is 4.84 Å². The highest BCUT2D eigenvalue weighted by atomic mass is 16.6. The fourth-order valence-electron chi connectivity index (χ4n) is 2.57. The van der Waals surface area contributed by atoms with Crippen LogP contribution in [0.25, 0.3) is 22.2 Å². The number of carbonyl (C=O) groups is 1. The maximum absolute atomic E-state index is 12.3. The van der Waals surface area contributed by atoms with Crippen molar-refractivity contribution >= 4 is 16.9 Å². The summed E-state index contributed by atoms with van der Waals surface area (Å²) in [5, 5.41) is 0.810. The Labute approximate surface area is 122 Å². The standard InChI is InChI=1S/C17H15NO3/c1-20-17(19)15-13-10-6-7-11-14(13)18(21-2)16(15)12-8-4-3-5-9-12/h3-11H,1-2H3. The third-order valence-corrected chi connectivity index (χ3v) is 3.45. The van der Waals surface area contributed by atoms with E-state index >= 15 is 0 Å². The lowest BCUT2D eigenvalue weighted by molar-refractivity contribution is 0.0602. The second-order valence-corrected chi connectivity index (χ2v) is 4.58. The van der Waals surface area contributed by atoms with Gasteiger partial charge in [-0.05, 0) is 6.07 Å². The Morgan fingerprint density at radius 1 is 0.952 bits per heavy atom. The van der Waals surface area contributed by atoms with Gasteiger partial charge in [-0.15, -0.1) is 0 Å². The summed E-state index contributed by atoms with van der Waals surface area (Å²) in [6.45, 7) is 0. The number of rotatable bonds is 3. The normalized spacial score (nSPS) is 10.6. The number of aromatic nitrogens is 1. The van der Waals surface area contributed by atoms with Crippen LogP contribution in [0, 0.1) is 0 Å². The number of benzene rings is 2. The molecular weight excluding hydrogens is 266 g/mol. The number of carbonyl (C=O) groups excluding carboxylic acids is 1. The van der Waals surface area contributed by atoms with Gasteiger partial charge in [-0.1, -0.05) is 48.5 Å². The SMILES string of the molecule is COC(=O)c1c(-c2ccccc2)n(OC)c2ccccc12. The Morgan fingerprint density at radius 3 is 2.29 bits per heavy atom. The number of ether oxygens (including phenoxy) is 1. The minimum Gasteiger partial charge on any atom is -0.465 e. The Hall–Kier alpha value is -2.75. The van der Waals surface area contributed by atoms with E-state index in [2.05, 4.69) is 0 Å². The second-order valence-electron chi connectivity index (χ2n) is 4.58. The third kappa shape index (κ3) is 2.05. The first-order chi connectivity index (χ1) is 10.3. The lowest BCUT2D eigenvalue weighted by Crippen LogP contribution is -2.09. The van der Waals surface area contributed by atoms with Crippen LogP contribution in [0.2, 0.25) is 0 Å². The van der Waals surface area contributed by atoms with Gasteiger partial charge in [0, 0.05) is 10.9 Å². The highest BCUT2D eigenvalue weighted by molar-refractivity contribution is 6.10. The quantitative estimate of drug-likeness (QED) is 0.692. The molecule has 21 heavy (non-hydrogen) atoms. The predicted molar refractivity (Wildman–Crippen MR) is 81.2 cm³/mol. The summed E-state index contributed by atoms with van der Waals surface area (Å²) in [5.41, 5.74) is 2.95. The molecular formula is C17H15NO3. The average Bonchev–Trinajstić information content (AvgIpc) is 2.89. The van der Waals surface area contributed by atoms with Crippen LogP contribution in [-0.4, -0.2) is 24.9 Å². The van der Waals surface area contributed by atoms with Crippen LogP contribution in [-0.2, 0) is 4.74 Å². The van der Waals surface area contributed by atoms with Gasteiger partial charge in [0.05, 0.1) is 18.2 Å². The van der Waals surface area contributed by atoms with Crippen molar-refractivity contribution in [1.82, 2.24) is 4.73 Å². The van der Waals surface area contributed by atoms with Crippen LogP contribution in [0.15, 0.2) is 54.6 Å². The average molecular weight is 281 g/mol. The first-order valence-corrected chi connectivity index (χ1v) is 6.59. The fraction of sp³-hybridized carbons (Fsp3) is 0.118. The molecule has 4 nitrogen and oxygen atoms in total. The maximum Gasteiger partial charge on any atom is 0.340 e. The summed E-state index contributed by atoms with van der Waals surface area (Å²) in [4.78, 5) is 17.8. The van der Waals surface area contributed by atoms with Crippen molar-refractivity contribution in [1.29, 1.82) is 0 Å². The van der Waals surface area contributed by atoms with E-state index < -0.39 is 0 Å². The maximum atomic E-state index is 12.3. The molecule has 1 heterocycles. The largest absolute Gasteiger partial charge is 0.465 e. The van der Waals surface area contributed by atoms with E-state index in [0.717, 1.165) is 16.5 Å². The molecule has 0 aliphatic carbocycles. The summed E-state index contributed by atoms with van der Waals surface area (Å²) in [6.07, 6.45) is 0. The number of esters is 1. The van der Waals surface area contributed by atoms with Crippen molar-refractivity contribution in [2.24, 2.45) is 0 Å². The molecule has 4 heteroatoms. The zero-order valence-electron chi connectivity index (χ0n) is 11.9. The van der Waals surface area contributed by atoms with E-state index in [0.29, 0.717) is 11.3 Å². The molecule has 106 valence electrons. The molecule has 0 radical (unpaired) electrons. The van der Waals surface area contributed by atoms with Crippen LogP contribution in [0.1, 0.15) is 10.4 Å². The molecule has 1 aromatic heterocycles. The van der Waals surface area contributed by atoms with Gasteiger partial charge in [0.2, 0.25) is 0 Å². The molecule has 0 bridgehead atoms. The highest BCUT2D eigenvalue weighted by Gasteiger charge is 2.24. The van der Waals surface area contributed by atoms with Gasteiger partial charge in [0.25, 0.3) is 0 Å². The van der Waals surface area contributed by atoms with E-state index in [4.69, 9.17) is 9.57 Å². The molecule has 0 saturated carbocycles. The Kier molecular flexibility index (Phi) is 3.36. The number of para-hydroxylation sites is 1. The van der Waals surface area contributed by atoms with Crippen molar-refractivity contribution in [2.45, 2.75) is 0 Å². The van der Waals surface area contributed by atoms with Crippen molar-refractivity contribution in [3.63, 3.8) is 0 Å². The van der Waals surface area contributed by atoms with Gasteiger partial charge < -0.3 is 9.57 Å². The van der Waals surface area contributed by atoms with Gasteiger partial charge in [0.15, 0.2) is 0 Å². The molecule has 0 amide bonds. The zero-order valence-corrected chi connectivity index (χ0v) is 11.9. The molecule has 0 aliphatic rings. The number of fused-ring (bicyclic) bond motifs is 1. The molecule has 0 unspecified atom stereocenters. The molecule has 0 N–H and O–H groups in total.